The Balaban J connectivity index is 1.26. The van der Waals surface area contributed by atoms with Crippen LogP contribution in [-0.2, 0) is 4.79 Å². The van der Waals surface area contributed by atoms with E-state index in [9.17, 15) is 9.18 Å². The van der Waals surface area contributed by atoms with Crippen molar-refractivity contribution in [3.05, 3.63) is 65.7 Å². The molecule has 1 aliphatic heterocycles. The average Bonchev–Trinajstić information content (AvgIpc) is 3.28. The highest BCUT2D eigenvalue weighted by Crippen LogP contribution is 2.24. The van der Waals surface area contributed by atoms with Gasteiger partial charge in [-0.3, -0.25) is 4.79 Å². The Hall–Kier alpha value is -3.79. The fourth-order valence-corrected chi connectivity index (χ4v) is 3.81. The third kappa shape index (κ3) is 4.29. The van der Waals surface area contributed by atoms with Gasteiger partial charge in [0.25, 0.3) is 5.91 Å². The molecule has 9 nitrogen and oxygen atoms in total. The summed E-state index contributed by atoms with van der Waals surface area (Å²) in [5, 5.41) is 9.16. The number of nitrogens with zero attached hydrogens (tertiary/aromatic N) is 7. The van der Waals surface area contributed by atoms with Gasteiger partial charge in [0.15, 0.2) is 35.2 Å². The summed E-state index contributed by atoms with van der Waals surface area (Å²) in [5.74, 6) is 0.0421. The van der Waals surface area contributed by atoms with E-state index < -0.39 is 5.82 Å². The van der Waals surface area contributed by atoms with Crippen molar-refractivity contribution in [2.45, 2.75) is 0 Å². The molecule has 2 aromatic carbocycles. The molecule has 0 atom stereocenters. The number of amides is 1. The minimum atomic E-state index is -0.491. The zero-order valence-corrected chi connectivity index (χ0v) is 18.2. The van der Waals surface area contributed by atoms with Crippen LogP contribution in [-0.4, -0.2) is 68.6 Å². The van der Waals surface area contributed by atoms with Gasteiger partial charge in [0.1, 0.15) is 6.33 Å². The molecule has 3 heterocycles. The first-order valence-corrected chi connectivity index (χ1v) is 10.7. The number of ether oxygens (including phenoxy) is 1. The first-order valence-electron chi connectivity index (χ1n) is 10.3. The second-order valence-electron chi connectivity index (χ2n) is 7.43. The Morgan fingerprint density at radius 2 is 1.79 bits per heavy atom. The number of aromatic nitrogens is 5. The third-order valence-corrected chi connectivity index (χ3v) is 5.66. The number of fused-ring (bicyclic) bond motifs is 1. The van der Waals surface area contributed by atoms with E-state index in [1.165, 1.54) is 18.5 Å². The predicted octanol–water partition coefficient (Wildman–Crippen LogP) is 2.73. The van der Waals surface area contributed by atoms with Crippen LogP contribution in [0.5, 0.6) is 5.75 Å². The molecule has 0 unspecified atom stereocenters. The molecule has 1 saturated heterocycles. The minimum absolute atomic E-state index is 0.0663. The van der Waals surface area contributed by atoms with Crippen LogP contribution in [0.2, 0.25) is 5.02 Å². The summed E-state index contributed by atoms with van der Waals surface area (Å²) in [7, 11) is 0. The number of carbonyl (C=O) groups excluding carboxylic acids is 1. The highest BCUT2D eigenvalue weighted by atomic mass is 35.5. The molecule has 0 N–H and O–H groups in total. The topological polar surface area (TPSA) is 89.3 Å². The molecule has 168 valence electrons. The summed E-state index contributed by atoms with van der Waals surface area (Å²) in [5.41, 5.74) is 1.95. The number of para-hydroxylation sites is 1. The fraction of sp³-hybridized carbons (Fsp3) is 0.227. The lowest BCUT2D eigenvalue weighted by molar-refractivity contribution is -0.133. The Kier molecular flexibility index (Phi) is 5.74. The summed E-state index contributed by atoms with van der Waals surface area (Å²) < 4.78 is 20.7. The van der Waals surface area contributed by atoms with Crippen molar-refractivity contribution in [3.8, 4) is 11.4 Å². The number of rotatable bonds is 5. The fourth-order valence-electron chi connectivity index (χ4n) is 3.68. The first kappa shape index (κ1) is 21.1. The van der Waals surface area contributed by atoms with Gasteiger partial charge in [-0.1, -0.05) is 28.9 Å². The summed E-state index contributed by atoms with van der Waals surface area (Å²) in [4.78, 5) is 25.0. The molecule has 11 heteroatoms. The van der Waals surface area contributed by atoms with E-state index >= 15 is 0 Å². The van der Waals surface area contributed by atoms with E-state index in [1.807, 2.05) is 17.0 Å². The molecule has 2 aromatic heterocycles. The number of piperazine rings is 1. The van der Waals surface area contributed by atoms with E-state index in [4.69, 9.17) is 16.3 Å². The molecule has 5 rings (SSSR count). The van der Waals surface area contributed by atoms with Gasteiger partial charge in [-0.2, -0.15) is 4.68 Å². The van der Waals surface area contributed by atoms with Crippen LogP contribution >= 0.6 is 11.6 Å². The van der Waals surface area contributed by atoms with Gasteiger partial charge in [0.05, 0.1) is 5.69 Å². The lowest BCUT2D eigenvalue weighted by atomic mass is 10.3. The van der Waals surface area contributed by atoms with Gasteiger partial charge in [-0.15, -0.1) is 5.10 Å². The predicted molar refractivity (Wildman–Crippen MR) is 120 cm³/mol. The molecule has 1 amide bonds. The van der Waals surface area contributed by atoms with Crippen molar-refractivity contribution in [3.63, 3.8) is 0 Å². The average molecular weight is 468 g/mol. The summed E-state index contributed by atoms with van der Waals surface area (Å²) in [6.07, 6.45) is 1.48. The van der Waals surface area contributed by atoms with Gasteiger partial charge in [-0.25, -0.2) is 14.4 Å². The molecule has 0 bridgehead atoms. The van der Waals surface area contributed by atoms with E-state index in [-0.39, 0.29) is 18.3 Å². The monoisotopic (exact) mass is 467 g/mol. The van der Waals surface area contributed by atoms with Crippen LogP contribution in [0.25, 0.3) is 16.9 Å². The zero-order chi connectivity index (χ0) is 22.8. The Morgan fingerprint density at radius 1 is 1.03 bits per heavy atom. The lowest BCUT2D eigenvalue weighted by Gasteiger charge is -2.35. The van der Waals surface area contributed by atoms with Crippen molar-refractivity contribution in [2.75, 3.05) is 37.7 Å². The largest absolute Gasteiger partial charge is 0.481 e. The second kappa shape index (κ2) is 8.99. The number of hydrogen-bond acceptors (Lipinski definition) is 7. The Labute approximate surface area is 193 Å². The molecule has 0 radical (unpaired) electrons. The number of halogens is 2. The summed E-state index contributed by atoms with van der Waals surface area (Å²) in [6.45, 7) is 1.87. The van der Waals surface area contributed by atoms with Gasteiger partial charge in [0.2, 0.25) is 0 Å². The molecule has 0 spiro atoms. The smallest absolute Gasteiger partial charge is 0.260 e. The van der Waals surface area contributed by atoms with Crippen molar-refractivity contribution in [1.82, 2.24) is 29.9 Å². The van der Waals surface area contributed by atoms with Crippen LogP contribution in [0.1, 0.15) is 0 Å². The number of benzene rings is 2. The van der Waals surface area contributed by atoms with Crippen LogP contribution in [0.4, 0.5) is 10.2 Å². The molecular formula is C22H19ClFN7O2. The Morgan fingerprint density at radius 3 is 2.55 bits per heavy atom. The Bertz CT molecular complexity index is 1290. The van der Waals surface area contributed by atoms with E-state index in [2.05, 4.69) is 20.3 Å². The van der Waals surface area contributed by atoms with E-state index in [0.29, 0.717) is 48.2 Å². The van der Waals surface area contributed by atoms with Crippen LogP contribution in [0.15, 0.2) is 54.9 Å². The van der Waals surface area contributed by atoms with Crippen LogP contribution < -0.4 is 9.64 Å². The van der Waals surface area contributed by atoms with Gasteiger partial charge in [-0.05, 0) is 36.4 Å². The number of carbonyl (C=O) groups is 1. The van der Waals surface area contributed by atoms with Crippen molar-refractivity contribution < 1.29 is 13.9 Å². The van der Waals surface area contributed by atoms with E-state index in [1.54, 1.807) is 33.8 Å². The first-order chi connectivity index (χ1) is 16.1. The zero-order valence-electron chi connectivity index (χ0n) is 17.4. The third-order valence-electron chi connectivity index (χ3n) is 5.41. The molecule has 0 saturated carbocycles. The maximum Gasteiger partial charge on any atom is 0.260 e. The second-order valence-corrected chi connectivity index (χ2v) is 7.87. The molecular weight excluding hydrogens is 449 g/mol. The van der Waals surface area contributed by atoms with Gasteiger partial charge >= 0.3 is 0 Å². The maximum absolute atomic E-state index is 13.7. The van der Waals surface area contributed by atoms with Gasteiger partial charge < -0.3 is 14.5 Å². The molecule has 0 aliphatic carbocycles. The summed E-state index contributed by atoms with van der Waals surface area (Å²) >= 11 is 5.98. The highest BCUT2D eigenvalue weighted by Gasteiger charge is 2.25. The van der Waals surface area contributed by atoms with Crippen molar-refractivity contribution in [1.29, 1.82) is 0 Å². The van der Waals surface area contributed by atoms with Crippen LogP contribution in [0.3, 0.4) is 0 Å². The molecule has 1 aliphatic rings. The van der Waals surface area contributed by atoms with E-state index in [0.717, 1.165) is 5.69 Å². The van der Waals surface area contributed by atoms with Crippen LogP contribution in [0, 0.1) is 5.82 Å². The molecule has 33 heavy (non-hydrogen) atoms. The van der Waals surface area contributed by atoms with Crippen molar-refractivity contribution >= 4 is 34.5 Å². The SMILES string of the molecule is O=C(COc1ccccc1F)N1CCN(c2ncnc3c2nnn3-c2ccc(Cl)cc2)CC1. The van der Waals surface area contributed by atoms with Crippen molar-refractivity contribution in [2.24, 2.45) is 0 Å². The summed E-state index contributed by atoms with van der Waals surface area (Å²) in [6, 6.07) is 13.3. The maximum atomic E-state index is 13.7. The normalized spacial score (nSPS) is 14.0. The standard InChI is InChI=1S/C22H19ClFN7O2/c23-15-5-7-16(8-6-15)31-22-20(27-28-31)21(25-14-26-22)30-11-9-29(10-12-30)19(32)13-33-18-4-2-1-3-17(18)24/h1-8,14H,9-13H2. The number of hydrogen-bond donors (Lipinski definition) is 0. The number of anilines is 1. The highest BCUT2D eigenvalue weighted by molar-refractivity contribution is 6.30. The molecule has 1 fully saturated rings. The van der Waals surface area contributed by atoms with Gasteiger partial charge in [0, 0.05) is 31.2 Å². The molecule has 4 aromatic rings. The minimum Gasteiger partial charge on any atom is -0.481 e. The lowest BCUT2D eigenvalue weighted by Crippen LogP contribution is -2.50. The quantitative estimate of drug-likeness (QED) is 0.446.